The molecule has 2 nitrogen and oxygen atoms in total. The van der Waals surface area contributed by atoms with Crippen LogP contribution < -0.4 is 0 Å². The number of nitrogens with zero attached hydrogens (tertiary/aromatic N) is 2. The molecule has 0 saturated heterocycles. The van der Waals surface area contributed by atoms with Gasteiger partial charge < -0.3 is 0 Å². The molecule has 0 N–H and O–H groups in total. The van der Waals surface area contributed by atoms with Crippen molar-refractivity contribution in [2.24, 2.45) is 0 Å². The molecule has 1 aromatic heterocycles. The van der Waals surface area contributed by atoms with Gasteiger partial charge in [0.2, 0.25) is 0 Å². The average molecular weight is 401 g/mol. The van der Waals surface area contributed by atoms with Gasteiger partial charge in [0.15, 0.2) is 0 Å². The quantitative estimate of drug-likeness (QED) is 0.445. The first-order chi connectivity index (χ1) is 13.9. The first-order valence-electron chi connectivity index (χ1n) is 10.9. The van der Waals surface area contributed by atoms with Gasteiger partial charge in [0, 0.05) is 11.1 Å². The van der Waals surface area contributed by atoms with Crippen LogP contribution in [0.2, 0.25) is 0 Å². The highest BCUT2D eigenvalue weighted by Gasteiger charge is 2.22. The van der Waals surface area contributed by atoms with Crippen molar-refractivity contribution in [1.82, 2.24) is 10.2 Å². The van der Waals surface area contributed by atoms with Crippen molar-refractivity contribution < 1.29 is 0 Å². The summed E-state index contributed by atoms with van der Waals surface area (Å²) in [6, 6.07) is 0. The van der Waals surface area contributed by atoms with E-state index in [1.807, 2.05) is 0 Å². The number of benzene rings is 2. The summed E-state index contributed by atoms with van der Waals surface area (Å²) in [5.74, 6) is 0. The van der Waals surface area contributed by atoms with Crippen molar-refractivity contribution in [2.75, 3.05) is 0 Å². The Balaban J connectivity index is 2.34. The van der Waals surface area contributed by atoms with Crippen LogP contribution in [0.5, 0.6) is 0 Å². The first kappa shape index (κ1) is 22.2. The molecule has 0 fully saturated rings. The van der Waals surface area contributed by atoms with Crippen molar-refractivity contribution >= 4 is 0 Å². The number of rotatable bonds is 2. The zero-order valence-electron chi connectivity index (χ0n) is 20.9. The largest absolute Gasteiger partial charge is 0.150 e. The third-order valence-electron chi connectivity index (χ3n) is 8.00. The molecular weight excluding hydrogens is 364 g/mol. The van der Waals surface area contributed by atoms with Crippen LogP contribution in [0.25, 0.3) is 22.5 Å². The minimum absolute atomic E-state index is 1.02. The van der Waals surface area contributed by atoms with E-state index < -0.39 is 0 Å². The molecule has 0 amide bonds. The van der Waals surface area contributed by atoms with Gasteiger partial charge in [-0.3, -0.25) is 0 Å². The Bertz CT molecular complexity index is 1040. The van der Waals surface area contributed by atoms with Crippen molar-refractivity contribution in [3.63, 3.8) is 0 Å². The first-order valence-corrected chi connectivity index (χ1v) is 10.9. The molecule has 0 spiro atoms. The second-order valence-corrected chi connectivity index (χ2v) is 9.15. The Kier molecular flexibility index (Phi) is 5.66. The zero-order chi connectivity index (χ0) is 22.7. The van der Waals surface area contributed by atoms with E-state index in [2.05, 4.69) is 83.1 Å². The molecular formula is C28H36N2. The lowest BCUT2D eigenvalue weighted by molar-refractivity contribution is 0.996. The summed E-state index contributed by atoms with van der Waals surface area (Å²) in [5, 5.41) is 9.67. The summed E-state index contributed by atoms with van der Waals surface area (Å²) in [6.45, 7) is 26.6. The van der Waals surface area contributed by atoms with Crippen LogP contribution in [0.3, 0.4) is 0 Å². The molecule has 158 valence electrons. The second kappa shape index (κ2) is 7.65. The average Bonchev–Trinajstić information content (AvgIpc) is 2.72. The minimum atomic E-state index is 1.02. The molecule has 0 unspecified atom stereocenters. The maximum Gasteiger partial charge on any atom is 0.0967 e. The van der Waals surface area contributed by atoms with E-state index in [0.29, 0.717) is 0 Å². The fourth-order valence-corrected chi connectivity index (χ4v) is 4.79. The molecule has 0 aliphatic heterocycles. The summed E-state index contributed by atoms with van der Waals surface area (Å²) >= 11 is 0. The highest BCUT2D eigenvalue weighted by atomic mass is 15.1. The number of hydrogen-bond donors (Lipinski definition) is 0. The third kappa shape index (κ3) is 3.09. The van der Waals surface area contributed by atoms with Crippen LogP contribution in [0, 0.1) is 83.1 Å². The summed E-state index contributed by atoms with van der Waals surface area (Å²) < 4.78 is 0. The van der Waals surface area contributed by atoms with Crippen molar-refractivity contribution in [2.45, 2.75) is 83.1 Å². The Labute approximate surface area is 182 Å². The normalized spacial score (nSPS) is 11.3. The van der Waals surface area contributed by atoms with E-state index in [1.165, 1.54) is 77.9 Å². The van der Waals surface area contributed by atoms with Crippen LogP contribution in [-0.2, 0) is 0 Å². The fourth-order valence-electron chi connectivity index (χ4n) is 4.79. The Morgan fingerprint density at radius 3 is 0.700 bits per heavy atom. The monoisotopic (exact) mass is 400 g/mol. The topological polar surface area (TPSA) is 25.8 Å². The molecule has 3 aromatic rings. The van der Waals surface area contributed by atoms with Gasteiger partial charge >= 0.3 is 0 Å². The standard InChI is InChI=1S/C28H36N2/c1-13-15(3)19(7)25(20(8)16(13)4)27-23(11)24(12)28(30-29-27)26-21(9)17(5)14(2)18(6)22(26)10/h1-12H3. The van der Waals surface area contributed by atoms with Gasteiger partial charge in [-0.25, -0.2) is 0 Å². The van der Waals surface area contributed by atoms with Crippen molar-refractivity contribution in [3.8, 4) is 22.5 Å². The molecule has 0 atom stereocenters. The Morgan fingerprint density at radius 2 is 0.467 bits per heavy atom. The fraction of sp³-hybridized carbons (Fsp3) is 0.429. The summed E-state index contributed by atoms with van der Waals surface area (Å²) in [6.07, 6.45) is 0. The maximum absolute atomic E-state index is 4.83. The zero-order valence-corrected chi connectivity index (χ0v) is 20.9. The maximum atomic E-state index is 4.83. The van der Waals surface area contributed by atoms with Gasteiger partial charge in [-0.15, -0.1) is 10.2 Å². The van der Waals surface area contributed by atoms with E-state index in [-0.39, 0.29) is 0 Å². The van der Waals surface area contributed by atoms with E-state index in [4.69, 9.17) is 10.2 Å². The van der Waals surface area contributed by atoms with E-state index in [1.54, 1.807) is 0 Å². The van der Waals surface area contributed by atoms with Gasteiger partial charge in [-0.05, 0) is 150 Å². The van der Waals surface area contributed by atoms with Crippen LogP contribution >= 0.6 is 0 Å². The van der Waals surface area contributed by atoms with E-state index in [9.17, 15) is 0 Å². The Hall–Kier alpha value is -2.48. The molecule has 0 bridgehead atoms. The van der Waals surface area contributed by atoms with Crippen LogP contribution in [0.4, 0.5) is 0 Å². The molecule has 0 radical (unpaired) electrons. The lowest BCUT2D eigenvalue weighted by atomic mass is 9.84. The van der Waals surface area contributed by atoms with Gasteiger partial charge in [0.05, 0.1) is 11.4 Å². The molecule has 1 heterocycles. The van der Waals surface area contributed by atoms with Gasteiger partial charge in [-0.1, -0.05) is 0 Å². The molecule has 30 heavy (non-hydrogen) atoms. The lowest BCUT2D eigenvalue weighted by Gasteiger charge is -2.22. The minimum Gasteiger partial charge on any atom is -0.150 e. The van der Waals surface area contributed by atoms with Crippen molar-refractivity contribution in [3.05, 3.63) is 66.8 Å². The highest BCUT2D eigenvalue weighted by molar-refractivity contribution is 5.79. The number of aromatic nitrogens is 2. The molecule has 3 rings (SSSR count). The Morgan fingerprint density at radius 1 is 0.267 bits per heavy atom. The van der Waals surface area contributed by atoms with Gasteiger partial charge in [0.1, 0.15) is 0 Å². The van der Waals surface area contributed by atoms with Gasteiger partial charge in [0.25, 0.3) is 0 Å². The summed E-state index contributed by atoms with van der Waals surface area (Å²) in [4.78, 5) is 0. The molecule has 0 aliphatic carbocycles. The lowest BCUT2D eigenvalue weighted by Crippen LogP contribution is -2.07. The van der Waals surface area contributed by atoms with Crippen LogP contribution in [-0.4, -0.2) is 10.2 Å². The number of hydrogen-bond acceptors (Lipinski definition) is 2. The SMILES string of the molecule is Cc1c(-c2c(C)c(C)c(C)c(C)c2C)nnc(-c2c(C)c(C)c(C)c(C)c2C)c1C. The highest BCUT2D eigenvalue weighted by Crippen LogP contribution is 2.39. The van der Waals surface area contributed by atoms with Crippen molar-refractivity contribution in [1.29, 1.82) is 0 Å². The molecule has 0 saturated carbocycles. The molecule has 2 heteroatoms. The smallest absolute Gasteiger partial charge is 0.0967 e. The predicted octanol–water partition coefficient (Wildman–Crippen LogP) is 7.51. The molecule has 0 aliphatic rings. The summed E-state index contributed by atoms with van der Waals surface area (Å²) in [7, 11) is 0. The van der Waals surface area contributed by atoms with Crippen LogP contribution in [0.15, 0.2) is 0 Å². The van der Waals surface area contributed by atoms with Crippen LogP contribution in [0.1, 0.15) is 66.8 Å². The summed E-state index contributed by atoms with van der Waals surface area (Å²) in [5.41, 5.74) is 20.4. The van der Waals surface area contributed by atoms with E-state index in [0.717, 1.165) is 11.4 Å². The van der Waals surface area contributed by atoms with E-state index >= 15 is 0 Å². The van der Waals surface area contributed by atoms with Gasteiger partial charge in [-0.2, -0.15) is 0 Å². The second-order valence-electron chi connectivity index (χ2n) is 9.15. The predicted molar refractivity (Wildman–Crippen MR) is 130 cm³/mol. The molecule has 2 aromatic carbocycles. The third-order valence-corrected chi connectivity index (χ3v) is 8.00.